The molecule has 0 amide bonds. The van der Waals surface area contributed by atoms with Crippen LogP contribution in [-0.4, -0.2) is 16.2 Å². The second-order valence-corrected chi connectivity index (χ2v) is 5.64. The van der Waals surface area contributed by atoms with Crippen molar-refractivity contribution in [3.63, 3.8) is 0 Å². The van der Waals surface area contributed by atoms with Crippen LogP contribution in [0.4, 0.5) is 0 Å². The second kappa shape index (κ2) is 5.31. The first-order valence-electron chi connectivity index (χ1n) is 6.27. The molecule has 1 fully saturated rings. The SMILES string of the molecule is OC(c1ccc(OC2CC2)cc1)c1cncc(Br)c1. The number of aromatic nitrogens is 1. The molecule has 3 rings (SSSR count). The van der Waals surface area contributed by atoms with E-state index < -0.39 is 6.10 Å². The highest BCUT2D eigenvalue weighted by Crippen LogP contribution is 2.29. The van der Waals surface area contributed by atoms with Crippen LogP contribution >= 0.6 is 15.9 Å². The van der Waals surface area contributed by atoms with Gasteiger partial charge in [0.1, 0.15) is 11.9 Å². The van der Waals surface area contributed by atoms with Gasteiger partial charge < -0.3 is 9.84 Å². The van der Waals surface area contributed by atoms with E-state index in [0.717, 1.165) is 34.2 Å². The monoisotopic (exact) mass is 319 g/mol. The number of halogens is 1. The lowest BCUT2D eigenvalue weighted by atomic mass is 10.0. The molecule has 3 nitrogen and oxygen atoms in total. The molecule has 0 radical (unpaired) electrons. The minimum Gasteiger partial charge on any atom is -0.490 e. The van der Waals surface area contributed by atoms with Crippen LogP contribution in [0.3, 0.4) is 0 Å². The Balaban J connectivity index is 1.77. The number of aliphatic hydroxyl groups is 1. The minimum atomic E-state index is -0.667. The fraction of sp³-hybridized carbons (Fsp3) is 0.267. The number of nitrogens with zero attached hydrogens (tertiary/aromatic N) is 1. The summed E-state index contributed by atoms with van der Waals surface area (Å²) in [5.74, 6) is 0.866. The Morgan fingerprint density at radius 2 is 1.89 bits per heavy atom. The van der Waals surface area contributed by atoms with Crippen molar-refractivity contribution in [2.24, 2.45) is 0 Å². The molecule has 1 aromatic heterocycles. The lowest BCUT2D eigenvalue weighted by Gasteiger charge is -2.12. The number of hydrogen-bond donors (Lipinski definition) is 1. The normalized spacial score (nSPS) is 16.1. The molecule has 2 aromatic rings. The maximum Gasteiger partial charge on any atom is 0.119 e. The minimum absolute atomic E-state index is 0.394. The van der Waals surface area contributed by atoms with Crippen molar-refractivity contribution >= 4 is 15.9 Å². The van der Waals surface area contributed by atoms with Gasteiger partial charge in [0.15, 0.2) is 0 Å². The maximum absolute atomic E-state index is 10.3. The summed E-state index contributed by atoms with van der Waals surface area (Å²) < 4.78 is 6.54. The van der Waals surface area contributed by atoms with Gasteiger partial charge in [0.25, 0.3) is 0 Å². The third kappa shape index (κ3) is 3.14. The van der Waals surface area contributed by atoms with E-state index in [4.69, 9.17) is 4.74 Å². The third-order valence-electron chi connectivity index (χ3n) is 3.06. The standard InChI is InChI=1S/C15H14BrNO2/c16-12-7-11(8-17-9-12)15(18)10-1-3-13(4-2-10)19-14-5-6-14/h1-4,7-9,14-15,18H,5-6H2. The fourth-order valence-electron chi connectivity index (χ4n) is 1.88. The van der Waals surface area contributed by atoms with Crippen molar-refractivity contribution < 1.29 is 9.84 Å². The predicted molar refractivity (Wildman–Crippen MR) is 76.1 cm³/mol. The van der Waals surface area contributed by atoms with Gasteiger partial charge >= 0.3 is 0 Å². The summed E-state index contributed by atoms with van der Waals surface area (Å²) in [6.07, 6.45) is 5.39. The van der Waals surface area contributed by atoms with Crippen LogP contribution in [0.25, 0.3) is 0 Å². The second-order valence-electron chi connectivity index (χ2n) is 4.73. The molecule has 1 saturated carbocycles. The number of aliphatic hydroxyl groups excluding tert-OH is 1. The molecule has 0 saturated heterocycles. The summed E-state index contributed by atoms with van der Waals surface area (Å²) in [5, 5.41) is 10.3. The summed E-state index contributed by atoms with van der Waals surface area (Å²) in [4.78, 5) is 4.06. The average molecular weight is 320 g/mol. The molecule has 1 heterocycles. The number of hydrogen-bond acceptors (Lipinski definition) is 3. The summed E-state index contributed by atoms with van der Waals surface area (Å²) in [6, 6.07) is 9.46. The van der Waals surface area contributed by atoms with Gasteiger partial charge in [-0.2, -0.15) is 0 Å². The number of pyridine rings is 1. The quantitative estimate of drug-likeness (QED) is 0.938. The molecule has 1 aliphatic rings. The number of rotatable bonds is 4. The highest BCUT2D eigenvalue weighted by molar-refractivity contribution is 9.10. The van der Waals surface area contributed by atoms with Crippen LogP contribution in [0.2, 0.25) is 0 Å². The zero-order valence-corrected chi connectivity index (χ0v) is 11.9. The highest BCUT2D eigenvalue weighted by atomic mass is 79.9. The van der Waals surface area contributed by atoms with Gasteiger partial charge in [-0.1, -0.05) is 12.1 Å². The van der Waals surface area contributed by atoms with E-state index in [1.807, 2.05) is 30.3 Å². The van der Waals surface area contributed by atoms with E-state index in [9.17, 15) is 5.11 Å². The largest absolute Gasteiger partial charge is 0.490 e. The summed E-state index contributed by atoms with van der Waals surface area (Å²) in [7, 11) is 0. The van der Waals surface area contributed by atoms with Gasteiger partial charge in [-0.25, -0.2) is 0 Å². The molecule has 1 N–H and O–H groups in total. The van der Waals surface area contributed by atoms with E-state index >= 15 is 0 Å². The Labute approximate surface area is 120 Å². The van der Waals surface area contributed by atoms with Crippen molar-refractivity contribution in [1.82, 2.24) is 4.98 Å². The van der Waals surface area contributed by atoms with E-state index in [2.05, 4.69) is 20.9 Å². The molecule has 0 spiro atoms. The Kier molecular flexibility index (Phi) is 3.53. The van der Waals surface area contributed by atoms with Crippen LogP contribution in [0.5, 0.6) is 5.75 Å². The molecule has 1 aromatic carbocycles. The first kappa shape index (κ1) is 12.6. The van der Waals surface area contributed by atoms with Crippen molar-refractivity contribution in [2.75, 3.05) is 0 Å². The van der Waals surface area contributed by atoms with E-state index in [1.54, 1.807) is 12.4 Å². The van der Waals surface area contributed by atoms with Gasteiger partial charge in [0, 0.05) is 22.4 Å². The fourth-order valence-corrected chi connectivity index (χ4v) is 2.26. The Bertz CT molecular complexity index is 567. The lowest BCUT2D eigenvalue weighted by Crippen LogP contribution is -2.01. The zero-order chi connectivity index (χ0) is 13.2. The predicted octanol–water partition coefficient (Wildman–Crippen LogP) is 3.47. The van der Waals surface area contributed by atoms with Gasteiger partial charge in [-0.15, -0.1) is 0 Å². The topological polar surface area (TPSA) is 42.4 Å². The van der Waals surface area contributed by atoms with Crippen molar-refractivity contribution in [3.05, 3.63) is 58.3 Å². The smallest absolute Gasteiger partial charge is 0.119 e. The van der Waals surface area contributed by atoms with E-state index in [0.29, 0.717) is 6.10 Å². The Morgan fingerprint density at radius 3 is 2.53 bits per heavy atom. The Hall–Kier alpha value is -1.39. The lowest BCUT2D eigenvalue weighted by molar-refractivity contribution is 0.219. The third-order valence-corrected chi connectivity index (χ3v) is 3.50. The summed E-state index contributed by atoms with van der Waals surface area (Å²) >= 11 is 3.36. The molecule has 4 heteroatoms. The van der Waals surface area contributed by atoms with Gasteiger partial charge in [-0.3, -0.25) is 4.98 Å². The van der Waals surface area contributed by atoms with Crippen LogP contribution in [0.1, 0.15) is 30.1 Å². The van der Waals surface area contributed by atoms with Gasteiger partial charge in [-0.05, 0) is 52.5 Å². The first-order valence-corrected chi connectivity index (χ1v) is 7.07. The summed E-state index contributed by atoms with van der Waals surface area (Å²) in [5.41, 5.74) is 1.60. The van der Waals surface area contributed by atoms with Crippen LogP contribution < -0.4 is 4.74 Å². The Morgan fingerprint density at radius 1 is 1.16 bits per heavy atom. The van der Waals surface area contributed by atoms with Crippen molar-refractivity contribution in [2.45, 2.75) is 25.0 Å². The van der Waals surface area contributed by atoms with Crippen LogP contribution in [0, 0.1) is 0 Å². The number of ether oxygens (including phenoxy) is 1. The van der Waals surface area contributed by atoms with E-state index in [1.165, 1.54) is 0 Å². The van der Waals surface area contributed by atoms with Gasteiger partial charge in [0.05, 0.1) is 6.10 Å². The van der Waals surface area contributed by atoms with E-state index in [-0.39, 0.29) is 0 Å². The zero-order valence-electron chi connectivity index (χ0n) is 10.3. The van der Waals surface area contributed by atoms with Crippen molar-refractivity contribution in [1.29, 1.82) is 0 Å². The molecule has 1 atom stereocenters. The van der Waals surface area contributed by atoms with Crippen LogP contribution in [-0.2, 0) is 0 Å². The average Bonchev–Trinajstić information content (AvgIpc) is 3.23. The molecular weight excluding hydrogens is 306 g/mol. The number of benzene rings is 1. The van der Waals surface area contributed by atoms with Gasteiger partial charge in [0.2, 0.25) is 0 Å². The highest BCUT2D eigenvalue weighted by Gasteiger charge is 2.23. The molecule has 0 bridgehead atoms. The molecule has 98 valence electrons. The molecular formula is C15H14BrNO2. The van der Waals surface area contributed by atoms with Crippen molar-refractivity contribution in [3.8, 4) is 5.75 Å². The molecule has 19 heavy (non-hydrogen) atoms. The molecule has 1 aliphatic carbocycles. The molecule has 0 aliphatic heterocycles. The molecule has 1 unspecified atom stereocenters. The van der Waals surface area contributed by atoms with Crippen LogP contribution in [0.15, 0.2) is 47.2 Å². The summed E-state index contributed by atoms with van der Waals surface area (Å²) in [6.45, 7) is 0. The maximum atomic E-state index is 10.3. The first-order chi connectivity index (χ1) is 9.22.